The Kier molecular flexibility index (Phi) is 3.90. The maximum absolute atomic E-state index is 11.8. The maximum atomic E-state index is 11.8. The molecule has 1 aromatic carbocycles. The van der Waals surface area contributed by atoms with Crippen molar-refractivity contribution < 1.29 is 24.2 Å². The largest absolute Gasteiger partial charge is 0.508 e. The number of rotatable bonds is 4. The lowest BCUT2D eigenvalue weighted by Gasteiger charge is -2.08. The highest BCUT2D eigenvalue weighted by Gasteiger charge is 2.17. The van der Waals surface area contributed by atoms with Crippen LogP contribution < -0.4 is 16.7 Å². The number of phenols is 1. The molecule has 0 aliphatic rings. The predicted molar refractivity (Wildman–Crippen MR) is 72.1 cm³/mol. The molecular formula is C13H12N2O6. The van der Waals surface area contributed by atoms with Crippen LogP contribution in [-0.2, 0) is 4.79 Å². The standard InChI is InChI=1S/C13H12N2O6/c14-9(12(18)19)5-15-11(17)8-3-6-1-2-7(16)4-10(6)21-13(8)20/h1-4,9,16H,5,14H2,(H,15,17)(H,18,19)/t9-/m0/s1. The van der Waals surface area contributed by atoms with E-state index in [0.29, 0.717) is 5.39 Å². The summed E-state index contributed by atoms with van der Waals surface area (Å²) < 4.78 is 4.93. The van der Waals surface area contributed by atoms with E-state index >= 15 is 0 Å². The van der Waals surface area contributed by atoms with E-state index in [1.54, 1.807) is 0 Å². The Hall–Kier alpha value is -2.87. The molecule has 110 valence electrons. The van der Waals surface area contributed by atoms with E-state index in [1.165, 1.54) is 24.3 Å². The molecule has 0 saturated heterocycles. The number of carbonyl (C=O) groups is 2. The summed E-state index contributed by atoms with van der Waals surface area (Å²) in [6.45, 7) is -0.318. The number of carboxylic acid groups (broad SMARTS) is 1. The number of nitrogens with two attached hydrogens (primary N) is 1. The Morgan fingerprint density at radius 3 is 2.71 bits per heavy atom. The van der Waals surface area contributed by atoms with Crippen LogP contribution in [0.1, 0.15) is 10.4 Å². The van der Waals surface area contributed by atoms with Gasteiger partial charge >= 0.3 is 11.6 Å². The van der Waals surface area contributed by atoms with Crippen molar-refractivity contribution in [1.29, 1.82) is 0 Å². The number of aliphatic carboxylic acids is 1. The van der Waals surface area contributed by atoms with Crippen molar-refractivity contribution >= 4 is 22.8 Å². The minimum atomic E-state index is -1.27. The van der Waals surface area contributed by atoms with Crippen molar-refractivity contribution in [2.45, 2.75) is 6.04 Å². The third kappa shape index (κ3) is 3.18. The van der Waals surface area contributed by atoms with E-state index in [4.69, 9.17) is 15.3 Å². The smallest absolute Gasteiger partial charge is 0.349 e. The summed E-state index contributed by atoms with van der Waals surface area (Å²) in [4.78, 5) is 34.1. The molecule has 2 aromatic rings. The molecule has 1 atom stereocenters. The number of hydrogen-bond acceptors (Lipinski definition) is 6. The van der Waals surface area contributed by atoms with E-state index in [-0.39, 0.29) is 23.4 Å². The van der Waals surface area contributed by atoms with Crippen molar-refractivity contribution in [1.82, 2.24) is 5.32 Å². The molecule has 1 heterocycles. The Balaban J connectivity index is 2.27. The fourth-order valence-corrected chi connectivity index (χ4v) is 1.64. The molecule has 0 spiro atoms. The highest BCUT2D eigenvalue weighted by atomic mass is 16.4. The quantitative estimate of drug-likeness (QED) is 0.563. The van der Waals surface area contributed by atoms with Gasteiger partial charge in [0, 0.05) is 18.0 Å². The first-order valence-electron chi connectivity index (χ1n) is 5.92. The van der Waals surface area contributed by atoms with E-state index in [2.05, 4.69) is 5.32 Å². The molecule has 1 amide bonds. The molecule has 0 unspecified atom stereocenters. The van der Waals surface area contributed by atoms with Crippen molar-refractivity contribution in [2.24, 2.45) is 5.73 Å². The van der Waals surface area contributed by atoms with E-state index < -0.39 is 23.5 Å². The molecule has 0 radical (unpaired) electrons. The fraction of sp³-hybridized carbons (Fsp3) is 0.154. The number of amides is 1. The number of phenolic OH excluding ortho intramolecular Hbond substituents is 1. The van der Waals surface area contributed by atoms with Crippen LogP contribution >= 0.6 is 0 Å². The summed E-state index contributed by atoms with van der Waals surface area (Å²) in [5, 5.41) is 20.6. The van der Waals surface area contributed by atoms with Crippen LogP contribution in [-0.4, -0.2) is 34.7 Å². The van der Waals surface area contributed by atoms with E-state index in [0.717, 1.165) is 0 Å². The fourth-order valence-electron chi connectivity index (χ4n) is 1.64. The molecule has 5 N–H and O–H groups in total. The van der Waals surface area contributed by atoms with Crippen molar-refractivity contribution in [2.75, 3.05) is 6.54 Å². The van der Waals surface area contributed by atoms with Crippen LogP contribution in [0.2, 0.25) is 0 Å². The average Bonchev–Trinajstić information content (AvgIpc) is 2.43. The SMILES string of the molecule is N[C@@H](CNC(=O)c1cc2ccc(O)cc2oc1=O)C(=O)O. The van der Waals surface area contributed by atoms with Crippen LogP contribution in [0.4, 0.5) is 0 Å². The second-order valence-corrected chi connectivity index (χ2v) is 4.32. The van der Waals surface area contributed by atoms with Gasteiger partial charge < -0.3 is 25.7 Å². The lowest BCUT2D eigenvalue weighted by Crippen LogP contribution is -2.43. The van der Waals surface area contributed by atoms with E-state index in [1.807, 2.05) is 0 Å². The zero-order chi connectivity index (χ0) is 15.6. The molecule has 0 bridgehead atoms. The lowest BCUT2D eigenvalue weighted by molar-refractivity contribution is -0.138. The van der Waals surface area contributed by atoms with Gasteiger partial charge in [0.25, 0.3) is 5.91 Å². The summed E-state index contributed by atoms with van der Waals surface area (Å²) in [7, 11) is 0. The maximum Gasteiger partial charge on any atom is 0.349 e. The molecule has 8 nitrogen and oxygen atoms in total. The van der Waals surface area contributed by atoms with Gasteiger partial charge in [0.2, 0.25) is 0 Å². The molecule has 0 aliphatic heterocycles. The summed E-state index contributed by atoms with van der Waals surface area (Å²) in [5.41, 5.74) is 4.22. The first-order chi connectivity index (χ1) is 9.88. The van der Waals surface area contributed by atoms with Gasteiger partial charge in [0.15, 0.2) is 0 Å². The Morgan fingerprint density at radius 2 is 2.05 bits per heavy atom. The van der Waals surface area contributed by atoms with Crippen LogP contribution in [0.3, 0.4) is 0 Å². The molecule has 0 aliphatic carbocycles. The number of fused-ring (bicyclic) bond motifs is 1. The molecule has 1 aromatic heterocycles. The number of aromatic hydroxyl groups is 1. The zero-order valence-electron chi connectivity index (χ0n) is 10.7. The lowest BCUT2D eigenvalue weighted by atomic mass is 10.1. The van der Waals surface area contributed by atoms with Gasteiger partial charge in [-0.25, -0.2) is 4.79 Å². The summed E-state index contributed by atoms with van der Waals surface area (Å²) in [6.07, 6.45) is 0. The van der Waals surface area contributed by atoms with Gasteiger partial charge in [-0.1, -0.05) is 0 Å². The zero-order valence-corrected chi connectivity index (χ0v) is 10.7. The van der Waals surface area contributed by atoms with Gasteiger partial charge in [-0.05, 0) is 18.2 Å². The average molecular weight is 292 g/mol. The molecule has 2 rings (SSSR count). The van der Waals surface area contributed by atoms with Crippen LogP contribution in [0.25, 0.3) is 11.0 Å². The van der Waals surface area contributed by atoms with Gasteiger partial charge in [0.05, 0.1) is 0 Å². The molecular weight excluding hydrogens is 280 g/mol. The highest BCUT2D eigenvalue weighted by molar-refractivity contribution is 5.97. The van der Waals surface area contributed by atoms with Gasteiger partial charge in [-0.15, -0.1) is 0 Å². The van der Waals surface area contributed by atoms with Crippen LogP contribution in [0.5, 0.6) is 5.75 Å². The normalized spacial score (nSPS) is 12.0. The van der Waals surface area contributed by atoms with Gasteiger partial charge in [0.1, 0.15) is 22.9 Å². The third-order valence-corrected chi connectivity index (χ3v) is 2.76. The number of nitrogens with one attached hydrogen (secondary N) is 1. The predicted octanol–water partition coefficient (Wildman–Crippen LogP) is -0.360. The Labute approximate surface area is 117 Å². The van der Waals surface area contributed by atoms with Crippen LogP contribution in [0.15, 0.2) is 33.5 Å². The summed E-state index contributed by atoms with van der Waals surface area (Å²) >= 11 is 0. The number of hydrogen-bond donors (Lipinski definition) is 4. The number of benzene rings is 1. The first kappa shape index (κ1) is 14.5. The third-order valence-electron chi connectivity index (χ3n) is 2.76. The first-order valence-corrected chi connectivity index (χ1v) is 5.92. The second kappa shape index (κ2) is 5.63. The van der Waals surface area contributed by atoms with Crippen molar-refractivity contribution in [3.05, 3.63) is 40.2 Å². The summed E-state index contributed by atoms with van der Waals surface area (Å²) in [6, 6.07) is 4.14. The Bertz CT molecular complexity index is 767. The second-order valence-electron chi connectivity index (χ2n) is 4.32. The van der Waals surface area contributed by atoms with Crippen molar-refractivity contribution in [3.63, 3.8) is 0 Å². The Morgan fingerprint density at radius 1 is 1.33 bits per heavy atom. The molecule has 0 saturated carbocycles. The van der Waals surface area contributed by atoms with Crippen molar-refractivity contribution in [3.8, 4) is 5.75 Å². The molecule has 21 heavy (non-hydrogen) atoms. The minimum Gasteiger partial charge on any atom is -0.508 e. The number of carbonyl (C=O) groups excluding carboxylic acids is 1. The van der Waals surface area contributed by atoms with Crippen LogP contribution in [0, 0.1) is 0 Å². The molecule has 0 fully saturated rings. The topological polar surface area (TPSA) is 143 Å². The monoisotopic (exact) mass is 292 g/mol. The summed E-state index contributed by atoms with van der Waals surface area (Å²) in [5.74, 6) is -2.12. The van der Waals surface area contributed by atoms with Gasteiger partial charge in [-0.3, -0.25) is 9.59 Å². The highest BCUT2D eigenvalue weighted by Crippen LogP contribution is 2.19. The minimum absolute atomic E-state index is 0.0738. The van der Waals surface area contributed by atoms with Gasteiger partial charge in [-0.2, -0.15) is 0 Å². The molecule has 8 heteroatoms. The number of carboxylic acids is 1. The van der Waals surface area contributed by atoms with E-state index in [9.17, 15) is 19.5 Å².